The zero-order valence-corrected chi connectivity index (χ0v) is 8.13. The molecule has 0 heterocycles. The first-order valence-corrected chi connectivity index (χ1v) is 4.24. The number of guanidine groups is 1. The molecule has 0 spiro atoms. The van der Waals surface area contributed by atoms with Crippen molar-refractivity contribution in [2.24, 2.45) is 5.73 Å². The topological polar surface area (TPSA) is 82.2 Å². The van der Waals surface area contributed by atoms with E-state index in [-0.39, 0.29) is 11.9 Å². The molecule has 0 atom stereocenters. The molecule has 1 amide bonds. The molecule has 0 fully saturated rings. The lowest BCUT2D eigenvalue weighted by Gasteiger charge is -2.13. The van der Waals surface area contributed by atoms with E-state index in [2.05, 4.69) is 5.32 Å². The van der Waals surface area contributed by atoms with E-state index < -0.39 is 0 Å². The summed E-state index contributed by atoms with van der Waals surface area (Å²) in [5.41, 5.74) is 5.06. The third kappa shape index (κ3) is 5.95. The SMILES string of the molecule is CCN(C)C(=O)[CH]CCNC(=N)N. The van der Waals surface area contributed by atoms with Crippen molar-refractivity contribution >= 4 is 11.9 Å². The lowest BCUT2D eigenvalue weighted by molar-refractivity contribution is -0.126. The number of nitrogens with two attached hydrogens (primary N) is 1. The van der Waals surface area contributed by atoms with Gasteiger partial charge in [0.25, 0.3) is 0 Å². The van der Waals surface area contributed by atoms with Crippen molar-refractivity contribution in [3.8, 4) is 0 Å². The van der Waals surface area contributed by atoms with Crippen LogP contribution in [-0.4, -0.2) is 36.9 Å². The van der Waals surface area contributed by atoms with E-state index in [4.69, 9.17) is 11.1 Å². The number of hydrogen-bond acceptors (Lipinski definition) is 2. The zero-order chi connectivity index (χ0) is 10.3. The summed E-state index contributed by atoms with van der Waals surface area (Å²) >= 11 is 0. The van der Waals surface area contributed by atoms with E-state index >= 15 is 0 Å². The molecule has 0 aliphatic carbocycles. The van der Waals surface area contributed by atoms with Crippen molar-refractivity contribution in [2.45, 2.75) is 13.3 Å². The summed E-state index contributed by atoms with van der Waals surface area (Å²) in [6.45, 7) is 3.15. The zero-order valence-electron chi connectivity index (χ0n) is 8.13. The average Bonchev–Trinajstić information content (AvgIpc) is 2.10. The Morgan fingerprint density at radius 2 is 2.31 bits per heavy atom. The Morgan fingerprint density at radius 1 is 1.69 bits per heavy atom. The van der Waals surface area contributed by atoms with Gasteiger partial charge in [-0.25, -0.2) is 0 Å². The highest BCUT2D eigenvalue weighted by atomic mass is 16.2. The molecule has 5 nitrogen and oxygen atoms in total. The van der Waals surface area contributed by atoms with Crippen LogP contribution in [0.1, 0.15) is 13.3 Å². The first-order valence-electron chi connectivity index (χ1n) is 4.24. The van der Waals surface area contributed by atoms with Crippen LogP contribution in [0, 0.1) is 11.8 Å². The number of nitrogens with one attached hydrogen (secondary N) is 2. The number of carbonyl (C=O) groups is 1. The van der Waals surface area contributed by atoms with Gasteiger partial charge in [-0.15, -0.1) is 0 Å². The molecule has 0 aliphatic rings. The van der Waals surface area contributed by atoms with Crippen molar-refractivity contribution in [1.29, 1.82) is 5.41 Å². The van der Waals surface area contributed by atoms with Crippen LogP contribution in [0.25, 0.3) is 0 Å². The van der Waals surface area contributed by atoms with Gasteiger partial charge < -0.3 is 16.0 Å². The second kappa shape index (κ2) is 6.28. The molecule has 0 saturated heterocycles. The molecule has 1 radical (unpaired) electrons. The average molecular weight is 185 g/mol. The van der Waals surface area contributed by atoms with E-state index in [0.29, 0.717) is 19.5 Å². The number of carbonyl (C=O) groups excluding carboxylic acids is 1. The number of amides is 1. The first-order chi connectivity index (χ1) is 6.07. The molecular weight excluding hydrogens is 168 g/mol. The fraction of sp³-hybridized carbons (Fsp3) is 0.625. The summed E-state index contributed by atoms with van der Waals surface area (Å²) in [4.78, 5) is 12.8. The lowest BCUT2D eigenvalue weighted by Crippen LogP contribution is -2.32. The third-order valence-electron chi connectivity index (χ3n) is 1.63. The van der Waals surface area contributed by atoms with Gasteiger partial charge in [0.2, 0.25) is 5.91 Å². The maximum atomic E-state index is 11.2. The molecule has 0 aromatic heterocycles. The predicted octanol–water partition coefficient (Wildman–Crippen LogP) is -0.458. The molecule has 0 rings (SSSR count). The molecule has 5 heteroatoms. The largest absolute Gasteiger partial charge is 0.370 e. The van der Waals surface area contributed by atoms with Crippen LogP contribution < -0.4 is 11.1 Å². The molecule has 0 saturated carbocycles. The number of nitrogens with zero attached hydrogens (tertiary/aromatic N) is 1. The molecule has 0 aliphatic heterocycles. The molecule has 0 bridgehead atoms. The Kier molecular flexibility index (Phi) is 5.67. The van der Waals surface area contributed by atoms with Gasteiger partial charge in [-0.2, -0.15) is 0 Å². The minimum absolute atomic E-state index is 0.00727. The highest BCUT2D eigenvalue weighted by Gasteiger charge is 2.05. The van der Waals surface area contributed by atoms with Crippen molar-refractivity contribution in [1.82, 2.24) is 10.2 Å². The Morgan fingerprint density at radius 3 is 2.77 bits per heavy atom. The molecule has 0 aromatic carbocycles. The monoisotopic (exact) mass is 185 g/mol. The fourth-order valence-electron chi connectivity index (χ4n) is 0.714. The maximum absolute atomic E-state index is 11.2. The third-order valence-corrected chi connectivity index (χ3v) is 1.63. The first kappa shape index (κ1) is 11.7. The molecule has 0 unspecified atom stereocenters. The van der Waals surface area contributed by atoms with E-state index in [1.54, 1.807) is 18.4 Å². The van der Waals surface area contributed by atoms with Crippen LogP contribution in [0.2, 0.25) is 0 Å². The fourth-order valence-corrected chi connectivity index (χ4v) is 0.714. The van der Waals surface area contributed by atoms with Gasteiger partial charge in [-0.3, -0.25) is 10.2 Å². The smallest absolute Gasteiger partial charge is 0.226 e. The van der Waals surface area contributed by atoms with Gasteiger partial charge in [0.1, 0.15) is 0 Å². The van der Waals surface area contributed by atoms with E-state index in [1.807, 2.05) is 6.92 Å². The summed E-state index contributed by atoms with van der Waals surface area (Å²) in [7, 11) is 1.75. The summed E-state index contributed by atoms with van der Waals surface area (Å²) in [6, 6.07) is 0. The summed E-state index contributed by atoms with van der Waals surface area (Å²) in [5, 5.41) is 9.48. The maximum Gasteiger partial charge on any atom is 0.226 e. The predicted molar refractivity (Wildman–Crippen MR) is 52.1 cm³/mol. The van der Waals surface area contributed by atoms with Crippen LogP contribution in [0.4, 0.5) is 0 Å². The van der Waals surface area contributed by atoms with Crippen molar-refractivity contribution in [2.75, 3.05) is 20.1 Å². The van der Waals surface area contributed by atoms with Crippen molar-refractivity contribution in [3.05, 3.63) is 6.42 Å². The van der Waals surface area contributed by atoms with E-state index in [9.17, 15) is 4.79 Å². The van der Waals surface area contributed by atoms with Crippen LogP contribution in [0.15, 0.2) is 0 Å². The minimum Gasteiger partial charge on any atom is -0.370 e. The van der Waals surface area contributed by atoms with Gasteiger partial charge in [0, 0.05) is 20.1 Å². The summed E-state index contributed by atoms with van der Waals surface area (Å²) < 4.78 is 0. The summed E-state index contributed by atoms with van der Waals surface area (Å²) in [5.74, 6) is -0.0578. The highest BCUT2D eigenvalue weighted by Crippen LogP contribution is 1.92. The van der Waals surface area contributed by atoms with Gasteiger partial charge >= 0.3 is 0 Å². The van der Waals surface area contributed by atoms with Crippen LogP contribution in [0.5, 0.6) is 0 Å². The van der Waals surface area contributed by atoms with Gasteiger partial charge in [0.15, 0.2) is 5.96 Å². The highest BCUT2D eigenvalue weighted by molar-refractivity contribution is 5.84. The van der Waals surface area contributed by atoms with Crippen LogP contribution >= 0.6 is 0 Å². The Hall–Kier alpha value is -1.26. The second-order valence-electron chi connectivity index (χ2n) is 2.69. The molecular formula is C8H17N4O. The van der Waals surface area contributed by atoms with Gasteiger partial charge in [-0.1, -0.05) is 0 Å². The van der Waals surface area contributed by atoms with Crippen LogP contribution in [-0.2, 0) is 4.79 Å². The van der Waals surface area contributed by atoms with Gasteiger partial charge in [-0.05, 0) is 13.3 Å². The Bertz CT molecular complexity index is 181. The standard InChI is InChI=1S/C8H17N4O/c1-3-12(2)7(13)5-4-6-11-8(9)10/h5H,3-4,6H2,1-2H3,(H4,9,10,11). The normalized spacial score (nSPS) is 9.38. The Labute approximate surface area is 78.8 Å². The van der Waals surface area contributed by atoms with Crippen LogP contribution in [0.3, 0.4) is 0 Å². The van der Waals surface area contributed by atoms with Crippen molar-refractivity contribution in [3.63, 3.8) is 0 Å². The molecule has 0 aromatic rings. The number of rotatable bonds is 5. The van der Waals surface area contributed by atoms with E-state index in [0.717, 1.165) is 0 Å². The second-order valence-corrected chi connectivity index (χ2v) is 2.69. The molecule has 75 valence electrons. The Balaban J connectivity index is 3.42. The quantitative estimate of drug-likeness (QED) is 0.308. The number of hydrogen-bond donors (Lipinski definition) is 3. The van der Waals surface area contributed by atoms with Gasteiger partial charge in [0.05, 0.1) is 6.42 Å². The molecule has 13 heavy (non-hydrogen) atoms. The molecule has 4 N–H and O–H groups in total. The van der Waals surface area contributed by atoms with E-state index in [1.165, 1.54) is 0 Å². The minimum atomic E-state index is -0.0651. The summed E-state index contributed by atoms with van der Waals surface area (Å²) in [6.07, 6.45) is 2.17. The van der Waals surface area contributed by atoms with Crippen molar-refractivity contribution < 1.29 is 4.79 Å². The lowest BCUT2D eigenvalue weighted by atomic mass is 10.3.